The largest absolute Gasteiger partial charge is 0.397 e. The fourth-order valence-corrected chi connectivity index (χ4v) is 2.29. The van der Waals surface area contributed by atoms with Gasteiger partial charge in [-0.25, -0.2) is 0 Å². The minimum Gasteiger partial charge on any atom is -0.397 e. The van der Waals surface area contributed by atoms with Crippen molar-refractivity contribution in [3.8, 4) is 0 Å². The van der Waals surface area contributed by atoms with Crippen molar-refractivity contribution in [1.29, 1.82) is 5.41 Å². The highest BCUT2D eigenvalue weighted by molar-refractivity contribution is 6.08. The van der Waals surface area contributed by atoms with Crippen LogP contribution >= 0.6 is 0 Å². The Hall–Kier alpha value is -2.82. The lowest BCUT2D eigenvalue weighted by Crippen LogP contribution is -2.11. The second kappa shape index (κ2) is 4.38. The van der Waals surface area contributed by atoms with Gasteiger partial charge >= 0.3 is 0 Å². The van der Waals surface area contributed by atoms with E-state index >= 15 is 0 Å². The van der Waals surface area contributed by atoms with E-state index in [9.17, 15) is 0 Å². The first-order chi connectivity index (χ1) is 9.54. The summed E-state index contributed by atoms with van der Waals surface area (Å²) >= 11 is 0. The highest BCUT2D eigenvalue weighted by Gasteiger charge is 2.17. The molecule has 5 heteroatoms. The van der Waals surface area contributed by atoms with E-state index in [4.69, 9.17) is 22.6 Å². The number of nitrogens with zero attached hydrogens (tertiary/aromatic N) is 1. The standard InChI is InChI=1S/C15H15N5/c16-11-3-1-8(6-12(11)17)14-7-10-5-9(15(18)19)2-4-13(10)20-14/h1-6H,7,16-17H2,(H3,18,19). The van der Waals surface area contributed by atoms with E-state index in [0.717, 1.165) is 28.1 Å². The number of hydrogen-bond donors (Lipinski definition) is 4. The monoisotopic (exact) mass is 265 g/mol. The minimum atomic E-state index is 0.0676. The van der Waals surface area contributed by atoms with Crippen LogP contribution in [0.3, 0.4) is 0 Å². The molecule has 1 aliphatic heterocycles. The van der Waals surface area contributed by atoms with Gasteiger partial charge in [-0.15, -0.1) is 0 Å². The van der Waals surface area contributed by atoms with Crippen molar-refractivity contribution < 1.29 is 0 Å². The quantitative estimate of drug-likeness (QED) is 0.377. The van der Waals surface area contributed by atoms with Crippen LogP contribution in [0.5, 0.6) is 0 Å². The van der Waals surface area contributed by atoms with Crippen LogP contribution in [0.15, 0.2) is 41.4 Å². The molecule has 0 aromatic heterocycles. The van der Waals surface area contributed by atoms with Crippen LogP contribution in [0.25, 0.3) is 0 Å². The van der Waals surface area contributed by atoms with Gasteiger partial charge in [-0.1, -0.05) is 6.07 Å². The molecule has 100 valence electrons. The van der Waals surface area contributed by atoms with Crippen molar-refractivity contribution in [2.24, 2.45) is 10.7 Å². The van der Waals surface area contributed by atoms with Crippen LogP contribution in [0.1, 0.15) is 16.7 Å². The number of nitrogens with two attached hydrogens (primary N) is 3. The number of benzene rings is 2. The second-order valence-electron chi connectivity index (χ2n) is 4.84. The molecule has 0 radical (unpaired) electrons. The molecule has 3 rings (SSSR count). The van der Waals surface area contributed by atoms with Crippen molar-refractivity contribution in [2.45, 2.75) is 6.42 Å². The molecule has 5 nitrogen and oxygen atoms in total. The molecule has 2 aromatic carbocycles. The lowest BCUT2D eigenvalue weighted by molar-refractivity contribution is 1.36. The Morgan fingerprint density at radius 3 is 2.55 bits per heavy atom. The SMILES string of the molecule is N=C(N)c1ccc2c(c1)CC(c1ccc(N)c(N)c1)=N2. The average molecular weight is 265 g/mol. The van der Waals surface area contributed by atoms with Crippen molar-refractivity contribution in [1.82, 2.24) is 0 Å². The molecule has 1 aliphatic rings. The summed E-state index contributed by atoms with van der Waals surface area (Å²) in [5, 5.41) is 7.47. The normalized spacial score (nSPS) is 12.9. The van der Waals surface area contributed by atoms with Crippen molar-refractivity contribution in [3.05, 3.63) is 53.1 Å². The highest BCUT2D eigenvalue weighted by atomic mass is 14.8. The summed E-state index contributed by atoms with van der Waals surface area (Å²) in [5.41, 5.74) is 22.8. The van der Waals surface area contributed by atoms with Gasteiger partial charge in [0.2, 0.25) is 0 Å². The lowest BCUT2D eigenvalue weighted by Gasteiger charge is -2.04. The number of hydrogen-bond acceptors (Lipinski definition) is 4. The molecule has 0 spiro atoms. The maximum atomic E-state index is 7.47. The fraction of sp³-hybridized carbons (Fsp3) is 0.0667. The molecule has 0 saturated carbocycles. The zero-order valence-electron chi connectivity index (χ0n) is 10.9. The molecule has 2 aromatic rings. The van der Waals surface area contributed by atoms with Gasteiger partial charge in [-0.05, 0) is 41.5 Å². The summed E-state index contributed by atoms with van der Waals surface area (Å²) in [6.45, 7) is 0. The lowest BCUT2D eigenvalue weighted by atomic mass is 10.0. The van der Waals surface area contributed by atoms with Crippen LogP contribution in [0.2, 0.25) is 0 Å². The summed E-state index contributed by atoms with van der Waals surface area (Å²) in [7, 11) is 0. The number of rotatable bonds is 2. The molecule has 7 N–H and O–H groups in total. The average Bonchev–Trinajstić information content (AvgIpc) is 2.84. The number of amidine groups is 1. The van der Waals surface area contributed by atoms with Gasteiger partial charge in [-0.2, -0.15) is 0 Å². The van der Waals surface area contributed by atoms with Crippen LogP contribution in [0, 0.1) is 5.41 Å². The van der Waals surface area contributed by atoms with E-state index in [2.05, 4.69) is 4.99 Å². The van der Waals surface area contributed by atoms with E-state index in [1.807, 2.05) is 30.3 Å². The third-order valence-corrected chi connectivity index (χ3v) is 3.42. The van der Waals surface area contributed by atoms with Crippen molar-refractivity contribution in [3.63, 3.8) is 0 Å². The van der Waals surface area contributed by atoms with Gasteiger partial charge in [-0.3, -0.25) is 10.4 Å². The van der Waals surface area contributed by atoms with E-state index < -0.39 is 0 Å². The Balaban J connectivity index is 1.96. The van der Waals surface area contributed by atoms with Gasteiger partial charge in [0.15, 0.2) is 0 Å². The van der Waals surface area contributed by atoms with Gasteiger partial charge in [0.1, 0.15) is 5.84 Å². The predicted molar refractivity (Wildman–Crippen MR) is 82.6 cm³/mol. The fourth-order valence-electron chi connectivity index (χ4n) is 2.29. The zero-order valence-corrected chi connectivity index (χ0v) is 10.9. The minimum absolute atomic E-state index is 0.0676. The highest BCUT2D eigenvalue weighted by Crippen LogP contribution is 2.30. The number of nitrogens with one attached hydrogen (secondary N) is 1. The predicted octanol–water partition coefficient (Wildman–Crippen LogP) is 1.81. The number of nitrogen functional groups attached to an aromatic ring is 3. The number of aliphatic imine (C=N–C) groups is 1. The topological polar surface area (TPSA) is 114 Å². The third kappa shape index (κ3) is 1.99. The number of fused-ring (bicyclic) bond motifs is 1. The maximum absolute atomic E-state index is 7.47. The van der Waals surface area contributed by atoms with Crippen molar-refractivity contribution in [2.75, 3.05) is 11.5 Å². The van der Waals surface area contributed by atoms with Gasteiger partial charge in [0.25, 0.3) is 0 Å². The van der Waals surface area contributed by atoms with Gasteiger partial charge in [0, 0.05) is 12.0 Å². The summed E-state index contributed by atoms with van der Waals surface area (Å²) < 4.78 is 0. The number of anilines is 2. The van der Waals surface area contributed by atoms with E-state index in [0.29, 0.717) is 17.8 Å². The van der Waals surface area contributed by atoms with Crippen LogP contribution in [-0.2, 0) is 6.42 Å². The van der Waals surface area contributed by atoms with E-state index in [-0.39, 0.29) is 5.84 Å². The molecule has 0 amide bonds. The Morgan fingerprint density at radius 1 is 1.05 bits per heavy atom. The zero-order chi connectivity index (χ0) is 14.3. The summed E-state index contributed by atoms with van der Waals surface area (Å²) in [5.74, 6) is 0.0676. The molecular formula is C15H15N5. The molecular weight excluding hydrogens is 250 g/mol. The van der Waals surface area contributed by atoms with Gasteiger partial charge < -0.3 is 17.2 Å². The molecule has 0 atom stereocenters. The first-order valence-corrected chi connectivity index (χ1v) is 6.25. The van der Waals surface area contributed by atoms with E-state index in [1.54, 1.807) is 6.07 Å². The first kappa shape index (κ1) is 12.2. The maximum Gasteiger partial charge on any atom is 0.122 e. The molecule has 0 aliphatic carbocycles. The Bertz CT molecular complexity index is 746. The molecule has 0 saturated heterocycles. The molecule has 0 fully saturated rings. The summed E-state index contributed by atoms with van der Waals surface area (Å²) in [6, 6.07) is 11.2. The Labute approximate surface area is 116 Å². The summed E-state index contributed by atoms with van der Waals surface area (Å²) in [6.07, 6.45) is 0.708. The summed E-state index contributed by atoms with van der Waals surface area (Å²) in [4.78, 5) is 4.60. The third-order valence-electron chi connectivity index (χ3n) is 3.42. The van der Waals surface area contributed by atoms with Crippen LogP contribution < -0.4 is 17.2 Å². The smallest absolute Gasteiger partial charge is 0.122 e. The Kier molecular flexibility index (Phi) is 2.68. The van der Waals surface area contributed by atoms with Crippen molar-refractivity contribution >= 4 is 28.6 Å². The molecule has 0 bridgehead atoms. The van der Waals surface area contributed by atoms with Crippen LogP contribution in [-0.4, -0.2) is 11.5 Å². The Morgan fingerprint density at radius 2 is 1.85 bits per heavy atom. The van der Waals surface area contributed by atoms with E-state index in [1.165, 1.54) is 0 Å². The van der Waals surface area contributed by atoms with Crippen LogP contribution in [0.4, 0.5) is 17.1 Å². The van der Waals surface area contributed by atoms with Gasteiger partial charge in [0.05, 0.1) is 22.8 Å². The molecule has 20 heavy (non-hydrogen) atoms. The first-order valence-electron chi connectivity index (χ1n) is 6.25. The second-order valence-corrected chi connectivity index (χ2v) is 4.84. The molecule has 1 heterocycles. The molecule has 0 unspecified atom stereocenters.